The molecule has 0 aromatic heterocycles. The summed E-state index contributed by atoms with van der Waals surface area (Å²) in [6.45, 7) is 1.90. The molecule has 2 rings (SSSR count). The highest BCUT2D eigenvalue weighted by Gasteiger charge is 2.27. The normalized spacial score (nSPS) is 10.1. The molecule has 0 atom stereocenters. The van der Waals surface area contributed by atoms with Gasteiger partial charge in [0.05, 0.1) is 50.1 Å². The zero-order chi connectivity index (χ0) is 23.1. The molecule has 11 nitrogen and oxygen atoms in total. The van der Waals surface area contributed by atoms with Gasteiger partial charge in [-0.3, -0.25) is 10.1 Å². The van der Waals surface area contributed by atoms with Crippen molar-refractivity contribution in [3.05, 3.63) is 57.1 Å². The molecule has 0 bridgehead atoms. The number of benzene rings is 2. The van der Waals surface area contributed by atoms with E-state index >= 15 is 0 Å². The van der Waals surface area contributed by atoms with Crippen molar-refractivity contribution in [3.63, 3.8) is 0 Å². The van der Waals surface area contributed by atoms with E-state index in [1.165, 1.54) is 13.2 Å². The Hall–Kier alpha value is -4.15. The maximum Gasteiger partial charge on any atom is 0.350 e. The molecule has 0 amide bonds. The molecule has 0 heterocycles. The third kappa shape index (κ3) is 5.26. The largest absolute Gasteiger partial charge is 0.493 e. The molecule has 2 aromatic carbocycles. The van der Waals surface area contributed by atoms with Crippen molar-refractivity contribution < 1.29 is 43.0 Å². The third-order valence-electron chi connectivity index (χ3n) is 3.96. The van der Waals surface area contributed by atoms with Crippen molar-refractivity contribution in [2.75, 3.05) is 27.9 Å². The molecule has 0 unspecified atom stereocenters. The van der Waals surface area contributed by atoms with Gasteiger partial charge in [-0.1, -0.05) is 0 Å². The van der Waals surface area contributed by atoms with Crippen LogP contribution in [0.2, 0.25) is 0 Å². The molecule has 0 saturated heterocycles. The van der Waals surface area contributed by atoms with E-state index in [0.29, 0.717) is 0 Å². The second-order valence-corrected chi connectivity index (χ2v) is 5.83. The molecule has 0 spiro atoms. The Kier molecular flexibility index (Phi) is 7.50. The minimum atomic E-state index is -1.12. The number of nitro groups is 1. The maximum atomic E-state index is 12.7. The first-order valence-electron chi connectivity index (χ1n) is 8.78. The number of nitro benzene ring substituents is 1. The van der Waals surface area contributed by atoms with Crippen molar-refractivity contribution >= 4 is 23.6 Å². The fourth-order valence-electron chi connectivity index (χ4n) is 2.58. The summed E-state index contributed by atoms with van der Waals surface area (Å²) in [6.07, 6.45) is 0. The number of carbonyl (C=O) groups excluding carboxylic acids is 3. The number of rotatable bonds is 8. The van der Waals surface area contributed by atoms with E-state index < -0.39 is 34.1 Å². The van der Waals surface area contributed by atoms with Gasteiger partial charge in [-0.25, -0.2) is 14.4 Å². The van der Waals surface area contributed by atoms with Crippen molar-refractivity contribution in [2.24, 2.45) is 0 Å². The summed E-state index contributed by atoms with van der Waals surface area (Å²) in [6, 6.07) is 5.64. The van der Waals surface area contributed by atoms with Crippen LogP contribution in [0.15, 0.2) is 30.3 Å². The molecule has 0 saturated carbocycles. The first kappa shape index (κ1) is 23.1. The summed E-state index contributed by atoms with van der Waals surface area (Å²) in [7, 11) is 3.57. The second kappa shape index (κ2) is 10.1. The van der Waals surface area contributed by atoms with Crippen LogP contribution in [0.1, 0.15) is 38.0 Å². The van der Waals surface area contributed by atoms with Gasteiger partial charge < -0.3 is 23.7 Å². The molecule has 11 heteroatoms. The Morgan fingerprint density at radius 1 is 0.871 bits per heavy atom. The third-order valence-corrected chi connectivity index (χ3v) is 3.96. The van der Waals surface area contributed by atoms with E-state index in [0.717, 1.165) is 38.5 Å². The fourth-order valence-corrected chi connectivity index (χ4v) is 2.58. The molecular formula is C20H19NO10. The van der Waals surface area contributed by atoms with Crippen LogP contribution in [-0.4, -0.2) is 50.8 Å². The van der Waals surface area contributed by atoms with Gasteiger partial charge in [0.25, 0.3) is 5.69 Å². The van der Waals surface area contributed by atoms with Crippen LogP contribution >= 0.6 is 0 Å². The summed E-state index contributed by atoms with van der Waals surface area (Å²) in [4.78, 5) is 47.2. The van der Waals surface area contributed by atoms with Gasteiger partial charge in [-0.15, -0.1) is 0 Å². The van der Waals surface area contributed by atoms with Gasteiger partial charge in [-0.05, 0) is 25.1 Å². The Balaban J connectivity index is 2.53. The summed E-state index contributed by atoms with van der Waals surface area (Å²) in [5.74, 6) is -2.77. The molecule has 0 radical (unpaired) electrons. The topological polar surface area (TPSA) is 140 Å². The number of methoxy groups -OCH3 is 3. The molecule has 31 heavy (non-hydrogen) atoms. The fraction of sp³-hybridized carbons (Fsp3) is 0.250. The number of hydrogen-bond acceptors (Lipinski definition) is 10. The number of ether oxygens (including phenoxy) is 5. The first-order chi connectivity index (χ1) is 14.7. The zero-order valence-corrected chi connectivity index (χ0v) is 17.1. The van der Waals surface area contributed by atoms with E-state index in [1.807, 2.05) is 0 Å². The van der Waals surface area contributed by atoms with Crippen molar-refractivity contribution in [1.82, 2.24) is 0 Å². The summed E-state index contributed by atoms with van der Waals surface area (Å²) in [5.41, 5.74) is -1.18. The summed E-state index contributed by atoms with van der Waals surface area (Å²) < 4.78 is 24.9. The number of hydrogen-bond donors (Lipinski definition) is 0. The van der Waals surface area contributed by atoms with Gasteiger partial charge in [0.15, 0.2) is 11.5 Å². The maximum absolute atomic E-state index is 12.7. The quantitative estimate of drug-likeness (QED) is 0.264. The Labute approximate surface area is 176 Å². The molecule has 0 aliphatic heterocycles. The van der Waals surface area contributed by atoms with Crippen LogP contribution < -0.4 is 14.2 Å². The van der Waals surface area contributed by atoms with Crippen LogP contribution in [0, 0.1) is 10.1 Å². The van der Waals surface area contributed by atoms with E-state index in [1.54, 1.807) is 6.92 Å². The minimum absolute atomic E-state index is 0.0609. The molecule has 0 aliphatic carbocycles. The van der Waals surface area contributed by atoms with Crippen LogP contribution in [0.5, 0.6) is 17.2 Å². The van der Waals surface area contributed by atoms with Crippen LogP contribution in [-0.2, 0) is 9.47 Å². The van der Waals surface area contributed by atoms with Crippen molar-refractivity contribution in [2.45, 2.75) is 6.92 Å². The molecule has 0 aliphatic rings. The molecule has 0 fully saturated rings. The molecule has 2 aromatic rings. The van der Waals surface area contributed by atoms with Crippen molar-refractivity contribution in [3.8, 4) is 17.2 Å². The van der Waals surface area contributed by atoms with E-state index in [2.05, 4.69) is 9.47 Å². The van der Waals surface area contributed by atoms with Gasteiger partial charge in [0, 0.05) is 6.07 Å². The number of carbonyl (C=O) groups is 3. The van der Waals surface area contributed by atoms with Gasteiger partial charge in [0.2, 0.25) is 0 Å². The number of esters is 3. The lowest BCUT2D eigenvalue weighted by Gasteiger charge is -2.12. The summed E-state index contributed by atoms with van der Waals surface area (Å²) >= 11 is 0. The lowest BCUT2D eigenvalue weighted by molar-refractivity contribution is -0.385. The van der Waals surface area contributed by atoms with Crippen LogP contribution in [0.4, 0.5) is 5.69 Å². The Bertz CT molecular complexity index is 997. The standard InChI is InChI=1S/C20H19NO10/c1-5-30-17-9-14(15(21(25)26)10-16(17)27-2)20(24)31-13-7-11(18(22)28-3)6-12(8-13)19(23)29-4/h6-10H,5H2,1-4H3. The minimum Gasteiger partial charge on any atom is -0.493 e. The predicted octanol–water partition coefficient (Wildman–Crippen LogP) is 2.79. The Morgan fingerprint density at radius 3 is 1.90 bits per heavy atom. The predicted molar refractivity (Wildman–Crippen MR) is 105 cm³/mol. The van der Waals surface area contributed by atoms with Gasteiger partial charge >= 0.3 is 17.9 Å². The monoisotopic (exact) mass is 433 g/mol. The molecule has 0 N–H and O–H groups in total. The van der Waals surface area contributed by atoms with Gasteiger partial charge in [0.1, 0.15) is 11.3 Å². The van der Waals surface area contributed by atoms with Crippen LogP contribution in [0.25, 0.3) is 0 Å². The van der Waals surface area contributed by atoms with E-state index in [9.17, 15) is 24.5 Å². The molecule has 164 valence electrons. The average molecular weight is 433 g/mol. The van der Waals surface area contributed by atoms with Crippen LogP contribution in [0.3, 0.4) is 0 Å². The second-order valence-electron chi connectivity index (χ2n) is 5.83. The lowest BCUT2D eigenvalue weighted by Crippen LogP contribution is -2.14. The number of nitrogens with zero attached hydrogens (tertiary/aromatic N) is 1. The average Bonchev–Trinajstić information content (AvgIpc) is 2.77. The summed E-state index contributed by atoms with van der Waals surface area (Å²) in [5, 5.41) is 11.5. The SMILES string of the molecule is CCOc1cc(C(=O)Oc2cc(C(=O)OC)cc(C(=O)OC)c2)c([N+](=O)[O-])cc1OC. The van der Waals surface area contributed by atoms with E-state index in [4.69, 9.17) is 14.2 Å². The highest BCUT2D eigenvalue weighted by molar-refractivity contribution is 5.98. The van der Waals surface area contributed by atoms with Gasteiger partial charge in [-0.2, -0.15) is 0 Å². The highest BCUT2D eigenvalue weighted by Crippen LogP contribution is 2.35. The highest BCUT2D eigenvalue weighted by atomic mass is 16.6. The lowest BCUT2D eigenvalue weighted by atomic mass is 10.1. The van der Waals surface area contributed by atoms with E-state index in [-0.39, 0.29) is 35.0 Å². The zero-order valence-electron chi connectivity index (χ0n) is 17.1. The van der Waals surface area contributed by atoms with Crippen molar-refractivity contribution in [1.29, 1.82) is 0 Å². The Morgan fingerprint density at radius 2 is 1.45 bits per heavy atom. The smallest absolute Gasteiger partial charge is 0.350 e. The first-order valence-corrected chi connectivity index (χ1v) is 8.78. The molecular weight excluding hydrogens is 414 g/mol.